The third-order valence-corrected chi connectivity index (χ3v) is 4.38. The van der Waals surface area contributed by atoms with Gasteiger partial charge in [0.05, 0.1) is 0 Å². The molecule has 1 aliphatic carbocycles. The number of benzene rings is 1. The Morgan fingerprint density at radius 3 is 2.81 bits per heavy atom. The lowest BCUT2D eigenvalue weighted by Gasteiger charge is -2.26. The van der Waals surface area contributed by atoms with Crippen LogP contribution >= 0.6 is 0 Å². The summed E-state index contributed by atoms with van der Waals surface area (Å²) in [4.78, 5) is 13.6. The van der Waals surface area contributed by atoms with E-state index in [0.717, 1.165) is 13.1 Å². The van der Waals surface area contributed by atoms with Crippen LogP contribution in [0.4, 0.5) is 4.39 Å². The maximum Gasteiger partial charge on any atom is 0.248 e. The zero-order chi connectivity index (χ0) is 14.8. The molecular weight excluding hydrogens is 269 g/mol. The summed E-state index contributed by atoms with van der Waals surface area (Å²) in [5.41, 5.74) is 6.22. The van der Waals surface area contributed by atoms with Gasteiger partial charge in [-0.25, -0.2) is 4.39 Å². The third kappa shape index (κ3) is 3.60. The molecule has 2 aliphatic rings. The second-order valence-corrected chi connectivity index (χ2v) is 6.12. The van der Waals surface area contributed by atoms with Crippen molar-refractivity contribution in [3.63, 3.8) is 0 Å². The van der Waals surface area contributed by atoms with E-state index in [2.05, 4.69) is 10.2 Å². The van der Waals surface area contributed by atoms with Crippen LogP contribution in [0, 0.1) is 5.82 Å². The SMILES string of the molecule is NC(=O)c1ccc(F)c(CN(CC2CCCN2)C2CC2)c1. The van der Waals surface area contributed by atoms with Crippen molar-refractivity contribution in [2.75, 3.05) is 13.1 Å². The number of primary amides is 1. The Morgan fingerprint density at radius 2 is 2.19 bits per heavy atom. The first kappa shape index (κ1) is 14.5. The minimum atomic E-state index is -0.508. The largest absolute Gasteiger partial charge is 0.366 e. The number of amides is 1. The molecule has 1 aliphatic heterocycles. The Hall–Kier alpha value is -1.46. The lowest BCUT2D eigenvalue weighted by molar-refractivity contribution is 0.1000. The number of carbonyl (C=O) groups excluding carboxylic acids is 1. The summed E-state index contributed by atoms with van der Waals surface area (Å²) in [6, 6.07) is 5.45. The predicted molar refractivity (Wildman–Crippen MR) is 79.4 cm³/mol. The van der Waals surface area contributed by atoms with Gasteiger partial charge in [-0.15, -0.1) is 0 Å². The quantitative estimate of drug-likeness (QED) is 0.838. The van der Waals surface area contributed by atoms with Crippen LogP contribution in [0.2, 0.25) is 0 Å². The smallest absolute Gasteiger partial charge is 0.248 e. The van der Waals surface area contributed by atoms with Crippen LogP contribution in [0.3, 0.4) is 0 Å². The van der Waals surface area contributed by atoms with Crippen molar-refractivity contribution >= 4 is 5.91 Å². The van der Waals surface area contributed by atoms with Crippen molar-refractivity contribution in [2.24, 2.45) is 5.73 Å². The second kappa shape index (κ2) is 6.12. The number of carbonyl (C=O) groups is 1. The van der Waals surface area contributed by atoms with Gasteiger partial charge in [-0.1, -0.05) is 0 Å². The van der Waals surface area contributed by atoms with Crippen molar-refractivity contribution in [1.82, 2.24) is 10.2 Å². The normalized spacial score (nSPS) is 21.9. The number of hydrogen-bond acceptors (Lipinski definition) is 3. The minimum absolute atomic E-state index is 0.259. The van der Waals surface area contributed by atoms with Gasteiger partial charge in [0.25, 0.3) is 0 Å². The summed E-state index contributed by atoms with van der Waals surface area (Å²) in [6.07, 6.45) is 4.77. The molecule has 5 heteroatoms. The van der Waals surface area contributed by atoms with Crippen molar-refractivity contribution in [3.05, 3.63) is 35.1 Å². The maximum absolute atomic E-state index is 14.0. The molecule has 0 radical (unpaired) electrons. The molecule has 0 spiro atoms. The summed E-state index contributed by atoms with van der Waals surface area (Å²) < 4.78 is 14.0. The average molecular weight is 291 g/mol. The molecule has 3 rings (SSSR count). The molecule has 1 saturated carbocycles. The average Bonchev–Trinajstić information content (AvgIpc) is 3.18. The molecule has 1 heterocycles. The van der Waals surface area contributed by atoms with Crippen molar-refractivity contribution < 1.29 is 9.18 Å². The van der Waals surface area contributed by atoms with Gasteiger partial charge in [0.1, 0.15) is 5.82 Å². The third-order valence-electron chi connectivity index (χ3n) is 4.38. The fourth-order valence-corrected chi connectivity index (χ4v) is 3.05. The minimum Gasteiger partial charge on any atom is -0.366 e. The van der Waals surface area contributed by atoms with E-state index in [1.165, 1.54) is 37.8 Å². The second-order valence-electron chi connectivity index (χ2n) is 6.12. The highest BCUT2D eigenvalue weighted by molar-refractivity contribution is 5.92. The zero-order valence-electron chi connectivity index (χ0n) is 12.1. The van der Waals surface area contributed by atoms with Crippen LogP contribution in [0.15, 0.2) is 18.2 Å². The highest BCUT2D eigenvalue weighted by Gasteiger charge is 2.31. The van der Waals surface area contributed by atoms with Crippen molar-refractivity contribution in [1.29, 1.82) is 0 Å². The highest BCUT2D eigenvalue weighted by atomic mass is 19.1. The van der Waals surface area contributed by atoms with Crippen LogP contribution in [0.1, 0.15) is 41.6 Å². The first-order chi connectivity index (χ1) is 10.1. The van der Waals surface area contributed by atoms with E-state index in [1.807, 2.05) is 0 Å². The fraction of sp³-hybridized carbons (Fsp3) is 0.562. The molecular formula is C16H22FN3O. The lowest BCUT2D eigenvalue weighted by atomic mass is 10.1. The Kier molecular flexibility index (Phi) is 4.22. The molecule has 1 aromatic rings. The van der Waals surface area contributed by atoms with Gasteiger partial charge in [-0.3, -0.25) is 9.69 Å². The number of nitrogens with two attached hydrogens (primary N) is 1. The van der Waals surface area contributed by atoms with Crippen molar-refractivity contribution in [2.45, 2.75) is 44.3 Å². The monoisotopic (exact) mass is 291 g/mol. The van der Waals surface area contributed by atoms with Gasteiger partial charge in [0.15, 0.2) is 0 Å². The maximum atomic E-state index is 14.0. The van der Waals surface area contributed by atoms with Crippen LogP contribution in [0.25, 0.3) is 0 Å². The van der Waals surface area contributed by atoms with E-state index in [0.29, 0.717) is 29.8 Å². The van der Waals surface area contributed by atoms with E-state index >= 15 is 0 Å². The molecule has 4 nitrogen and oxygen atoms in total. The molecule has 21 heavy (non-hydrogen) atoms. The van der Waals surface area contributed by atoms with E-state index in [4.69, 9.17) is 5.73 Å². The molecule has 3 N–H and O–H groups in total. The molecule has 1 atom stereocenters. The number of nitrogens with one attached hydrogen (secondary N) is 1. The number of rotatable bonds is 6. The zero-order valence-corrected chi connectivity index (χ0v) is 12.1. The molecule has 1 saturated heterocycles. The summed E-state index contributed by atoms with van der Waals surface area (Å²) in [6.45, 7) is 2.58. The van der Waals surface area contributed by atoms with Gasteiger partial charge < -0.3 is 11.1 Å². The van der Waals surface area contributed by atoms with E-state index in [9.17, 15) is 9.18 Å². The standard InChI is InChI=1S/C16H22FN3O/c17-15-6-3-11(16(18)21)8-12(15)9-20(14-4-5-14)10-13-2-1-7-19-13/h3,6,8,13-14,19H,1-2,4-5,7,9-10H2,(H2,18,21). The summed E-state index contributed by atoms with van der Waals surface area (Å²) in [5, 5.41) is 3.49. The Morgan fingerprint density at radius 1 is 1.38 bits per heavy atom. The predicted octanol–water partition coefficient (Wildman–Crippen LogP) is 1.64. The molecule has 1 amide bonds. The highest BCUT2D eigenvalue weighted by Crippen LogP contribution is 2.29. The van der Waals surface area contributed by atoms with Crippen molar-refractivity contribution in [3.8, 4) is 0 Å². The fourth-order valence-electron chi connectivity index (χ4n) is 3.05. The van der Waals surface area contributed by atoms with Crippen LogP contribution < -0.4 is 11.1 Å². The molecule has 1 aromatic carbocycles. The van der Waals surface area contributed by atoms with Gasteiger partial charge in [-0.2, -0.15) is 0 Å². The summed E-state index contributed by atoms with van der Waals surface area (Å²) in [5.74, 6) is -0.767. The first-order valence-corrected chi connectivity index (χ1v) is 7.69. The molecule has 114 valence electrons. The summed E-state index contributed by atoms with van der Waals surface area (Å²) >= 11 is 0. The Balaban J connectivity index is 1.72. The molecule has 0 bridgehead atoms. The van der Waals surface area contributed by atoms with Crippen LogP contribution in [-0.2, 0) is 6.54 Å². The number of halogens is 1. The van der Waals surface area contributed by atoms with Crippen LogP contribution in [-0.4, -0.2) is 36.0 Å². The molecule has 1 unspecified atom stereocenters. The Bertz CT molecular complexity index is 524. The summed E-state index contributed by atoms with van der Waals surface area (Å²) in [7, 11) is 0. The van der Waals surface area contributed by atoms with Gasteiger partial charge in [-0.05, 0) is 50.4 Å². The number of nitrogens with zero attached hydrogens (tertiary/aromatic N) is 1. The lowest BCUT2D eigenvalue weighted by Crippen LogP contribution is -2.38. The van der Waals surface area contributed by atoms with E-state index in [-0.39, 0.29) is 5.82 Å². The number of hydrogen-bond donors (Lipinski definition) is 2. The molecule has 2 fully saturated rings. The van der Waals surface area contributed by atoms with E-state index < -0.39 is 5.91 Å². The molecule has 0 aromatic heterocycles. The van der Waals surface area contributed by atoms with Crippen LogP contribution in [0.5, 0.6) is 0 Å². The first-order valence-electron chi connectivity index (χ1n) is 7.69. The van der Waals surface area contributed by atoms with Gasteiger partial charge >= 0.3 is 0 Å². The van der Waals surface area contributed by atoms with Gasteiger partial charge in [0.2, 0.25) is 5.91 Å². The van der Waals surface area contributed by atoms with Gasteiger partial charge in [0, 0.05) is 36.3 Å². The topological polar surface area (TPSA) is 58.4 Å². The van der Waals surface area contributed by atoms with E-state index in [1.54, 1.807) is 6.07 Å². The Labute approximate surface area is 124 Å².